The van der Waals surface area contributed by atoms with Gasteiger partial charge in [0.2, 0.25) is 5.91 Å². The van der Waals surface area contributed by atoms with Crippen LogP contribution in [-0.4, -0.2) is 52.8 Å². The second-order valence-corrected chi connectivity index (χ2v) is 5.45. The minimum absolute atomic E-state index is 0.0567. The smallest absolute Gasteiger partial charge is 0.261 e. The Kier molecular flexibility index (Phi) is 3.03. The minimum Gasteiger partial charge on any atom is -0.300 e. The van der Waals surface area contributed by atoms with Gasteiger partial charge in [0.05, 0.1) is 11.5 Å². The topological polar surface area (TPSA) is 66.9 Å². The average Bonchev–Trinajstić information content (AvgIpc) is 2.65. The zero-order valence-corrected chi connectivity index (χ0v) is 11.1. The van der Waals surface area contributed by atoms with Gasteiger partial charge in [0.1, 0.15) is 5.78 Å². The zero-order chi connectivity index (χ0) is 13.7. The normalized spacial score (nSPS) is 31.0. The number of rotatable bonds is 3. The summed E-state index contributed by atoms with van der Waals surface area (Å²) in [6.07, 6.45) is -0.384. The Morgan fingerprint density at radius 2 is 1.94 bits per heavy atom. The number of hydrogen-bond acceptors (Lipinski definition) is 5. The molecule has 2 heterocycles. The maximum absolute atomic E-state index is 12.0. The Morgan fingerprint density at radius 3 is 2.44 bits per heavy atom. The van der Waals surface area contributed by atoms with E-state index in [-0.39, 0.29) is 17.6 Å². The van der Waals surface area contributed by atoms with E-state index in [2.05, 4.69) is 0 Å². The Balaban J connectivity index is 2.19. The molecule has 100 valence electrons. The first-order chi connectivity index (χ1) is 8.26. The molecule has 0 aromatic carbocycles. The molecule has 0 aromatic rings. The first-order valence-corrected chi connectivity index (χ1v) is 6.02. The standard InChI is InChI=1S/C12H18N2O4/c1-7(15)5-6-14-12(2,3)8-9(18-14)11(17)13(4)10(8)16/h8-9H,5-6H2,1-4H3/t8-,9+/m0/s1. The van der Waals surface area contributed by atoms with E-state index in [1.807, 2.05) is 13.8 Å². The van der Waals surface area contributed by atoms with Crippen molar-refractivity contribution in [3.63, 3.8) is 0 Å². The van der Waals surface area contributed by atoms with Crippen molar-refractivity contribution in [2.24, 2.45) is 5.92 Å². The van der Waals surface area contributed by atoms with Gasteiger partial charge in [0, 0.05) is 20.0 Å². The molecule has 0 N–H and O–H groups in total. The van der Waals surface area contributed by atoms with Crippen molar-refractivity contribution in [1.82, 2.24) is 9.96 Å². The number of nitrogens with zero attached hydrogens (tertiary/aromatic N) is 2. The summed E-state index contributed by atoms with van der Waals surface area (Å²) in [7, 11) is 1.47. The molecular weight excluding hydrogens is 236 g/mol. The number of imide groups is 1. The van der Waals surface area contributed by atoms with Gasteiger partial charge in [-0.15, -0.1) is 0 Å². The lowest BCUT2D eigenvalue weighted by atomic mass is 9.85. The van der Waals surface area contributed by atoms with Gasteiger partial charge in [-0.25, -0.2) is 0 Å². The molecule has 2 atom stereocenters. The number of hydrogen-bond donors (Lipinski definition) is 0. The number of Topliss-reactive ketones (excluding diaryl/α,β-unsaturated/α-hetero) is 1. The van der Waals surface area contributed by atoms with E-state index >= 15 is 0 Å². The van der Waals surface area contributed by atoms with E-state index in [0.717, 1.165) is 4.90 Å². The summed E-state index contributed by atoms with van der Waals surface area (Å²) in [5.74, 6) is -0.938. The van der Waals surface area contributed by atoms with Gasteiger partial charge < -0.3 is 0 Å². The Morgan fingerprint density at radius 1 is 1.33 bits per heavy atom. The lowest BCUT2D eigenvalue weighted by molar-refractivity contribution is -0.190. The number of amides is 2. The van der Waals surface area contributed by atoms with Crippen LogP contribution in [0.2, 0.25) is 0 Å². The molecule has 2 amide bonds. The Hall–Kier alpha value is -1.27. The summed E-state index contributed by atoms with van der Waals surface area (Å²) >= 11 is 0. The molecule has 6 heteroatoms. The maximum Gasteiger partial charge on any atom is 0.261 e. The van der Waals surface area contributed by atoms with Gasteiger partial charge >= 0.3 is 0 Å². The molecule has 2 saturated heterocycles. The highest BCUT2D eigenvalue weighted by Gasteiger charge is 2.61. The van der Waals surface area contributed by atoms with E-state index in [4.69, 9.17) is 4.84 Å². The van der Waals surface area contributed by atoms with Crippen LogP contribution in [0.1, 0.15) is 27.2 Å². The molecule has 0 aromatic heterocycles. The maximum atomic E-state index is 12.0. The number of likely N-dealkylation sites (tertiary alicyclic amines) is 1. The van der Waals surface area contributed by atoms with Crippen LogP contribution in [0.4, 0.5) is 0 Å². The third-order valence-corrected chi connectivity index (χ3v) is 3.79. The number of fused-ring (bicyclic) bond motifs is 1. The molecule has 2 fully saturated rings. The fourth-order valence-corrected chi connectivity index (χ4v) is 2.59. The van der Waals surface area contributed by atoms with Crippen molar-refractivity contribution < 1.29 is 19.2 Å². The summed E-state index contributed by atoms with van der Waals surface area (Å²) in [6, 6.07) is 0. The van der Waals surface area contributed by atoms with Crippen molar-refractivity contribution in [1.29, 1.82) is 0 Å². The van der Waals surface area contributed by atoms with E-state index in [1.165, 1.54) is 14.0 Å². The van der Waals surface area contributed by atoms with Crippen molar-refractivity contribution in [3.05, 3.63) is 0 Å². The van der Waals surface area contributed by atoms with Crippen LogP contribution in [0.3, 0.4) is 0 Å². The van der Waals surface area contributed by atoms with E-state index in [0.29, 0.717) is 13.0 Å². The third kappa shape index (κ3) is 1.76. The molecule has 2 aliphatic rings. The summed E-state index contributed by atoms with van der Waals surface area (Å²) < 4.78 is 0. The Bertz CT molecular complexity index is 418. The number of hydroxylamine groups is 2. The molecule has 0 aliphatic carbocycles. The van der Waals surface area contributed by atoms with Crippen LogP contribution >= 0.6 is 0 Å². The third-order valence-electron chi connectivity index (χ3n) is 3.79. The Labute approximate surface area is 106 Å². The highest BCUT2D eigenvalue weighted by molar-refractivity contribution is 6.07. The molecular formula is C12H18N2O4. The fourth-order valence-electron chi connectivity index (χ4n) is 2.59. The molecule has 2 rings (SSSR count). The van der Waals surface area contributed by atoms with Crippen LogP contribution in [0.15, 0.2) is 0 Å². The summed E-state index contributed by atoms with van der Waals surface area (Å²) in [5.41, 5.74) is -0.572. The SMILES string of the molecule is CC(=O)CCN1O[C@H]2C(=O)N(C)C(=O)[C@H]2C1(C)C. The predicted molar refractivity (Wildman–Crippen MR) is 62.2 cm³/mol. The molecule has 0 spiro atoms. The van der Waals surface area contributed by atoms with Gasteiger partial charge in [-0.05, 0) is 20.8 Å². The largest absolute Gasteiger partial charge is 0.300 e. The van der Waals surface area contributed by atoms with Crippen LogP contribution in [0, 0.1) is 5.92 Å². The van der Waals surface area contributed by atoms with Crippen LogP contribution in [0.5, 0.6) is 0 Å². The number of carbonyl (C=O) groups excluding carboxylic acids is 3. The lowest BCUT2D eigenvalue weighted by Crippen LogP contribution is -2.46. The lowest BCUT2D eigenvalue weighted by Gasteiger charge is -2.32. The minimum atomic E-state index is -0.732. The molecule has 0 unspecified atom stereocenters. The summed E-state index contributed by atoms with van der Waals surface area (Å²) in [5, 5.41) is 1.60. The van der Waals surface area contributed by atoms with Crippen LogP contribution < -0.4 is 0 Å². The molecule has 0 bridgehead atoms. The first kappa shape index (κ1) is 13.2. The number of carbonyl (C=O) groups is 3. The van der Waals surface area contributed by atoms with Crippen molar-refractivity contribution in [2.45, 2.75) is 38.8 Å². The van der Waals surface area contributed by atoms with Gasteiger partial charge in [-0.1, -0.05) is 0 Å². The quantitative estimate of drug-likeness (QED) is 0.662. The van der Waals surface area contributed by atoms with Gasteiger partial charge in [-0.3, -0.25) is 24.1 Å². The number of likely N-dealkylation sites (N-methyl/N-ethyl adjacent to an activating group) is 1. The molecule has 18 heavy (non-hydrogen) atoms. The van der Waals surface area contributed by atoms with Crippen molar-refractivity contribution in [2.75, 3.05) is 13.6 Å². The van der Waals surface area contributed by atoms with Gasteiger partial charge in [-0.2, -0.15) is 5.06 Å². The second-order valence-electron chi connectivity index (χ2n) is 5.45. The fraction of sp³-hybridized carbons (Fsp3) is 0.750. The highest BCUT2D eigenvalue weighted by atomic mass is 16.7. The second kappa shape index (κ2) is 4.13. The monoisotopic (exact) mass is 254 g/mol. The summed E-state index contributed by atoms with van der Waals surface area (Å²) in [4.78, 5) is 41.6. The van der Waals surface area contributed by atoms with Crippen LogP contribution in [0.25, 0.3) is 0 Å². The van der Waals surface area contributed by atoms with Crippen molar-refractivity contribution >= 4 is 17.6 Å². The first-order valence-electron chi connectivity index (χ1n) is 6.02. The van der Waals surface area contributed by atoms with Crippen LogP contribution in [-0.2, 0) is 19.2 Å². The molecule has 0 saturated carbocycles. The van der Waals surface area contributed by atoms with E-state index in [9.17, 15) is 14.4 Å². The summed E-state index contributed by atoms with van der Waals surface area (Å²) in [6.45, 7) is 5.64. The molecule has 6 nitrogen and oxygen atoms in total. The van der Waals surface area contributed by atoms with Gasteiger partial charge in [0.15, 0.2) is 6.10 Å². The van der Waals surface area contributed by atoms with E-state index in [1.54, 1.807) is 5.06 Å². The highest BCUT2D eigenvalue weighted by Crippen LogP contribution is 2.42. The van der Waals surface area contributed by atoms with Gasteiger partial charge in [0.25, 0.3) is 5.91 Å². The molecule has 0 radical (unpaired) electrons. The average molecular weight is 254 g/mol. The predicted octanol–water partition coefficient (Wildman–Crippen LogP) is -0.0253. The zero-order valence-electron chi connectivity index (χ0n) is 11.1. The van der Waals surface area contributed by atoms with Crippen molar-refractivity contribution in [3.8, 4) is 0 Å². The van der Waals surface area contributed by atoms with E-state index < -0.39 is 17.6 Å². The molecule has 2 aliphatic heterocycles. The number of ketones is 1.